The Morgan fingerprint density at radius 2 is 1.95 bits per heavy atom. The number of likely N-dealkylation sites (tertiary alicyclic amines) is 1. The van der Waals surface area contributed by atoms with Gasteiger partial charge in [-0.25, -0.2) is 0 Å². The molecular weight excluding hydrogens is 278 g/mol. The lowest BCUT2D eigenvalue weighted by Gasteiger charge is -2.31. The highest BCUT2D eigenvalue weighted by Crippen LogP contribution is 2.22. The first-order chi connectivity index (χ1) is 9.52. The molecule has 1 fully saturated rings. The lowest BCUT2D eigenvalue weighted by atomic mass is 9.96. The summed E-state index contributed by atoms with van der Waals surface area (Å²) >= 11 is 5.90. The van der Waals surface area contributed by atoms with Crippen molar-refractivity contribution in [3.63, 3.8) is 0 Å². The minimum absolute atomic E-state index is 0.00230. The number of halogens is 1. The first-order valence-electron chi connectivity index (χ1n) is 6.66. The van der Waals surface area contributed by atoms with Gasteiger partial charge in [-0.3, -0.25) is 9.59 Å². The molecule has 1 saturated heterocycles. The van der Waals surface area contributed by atoms with Gasteiger partial charge in [0, 0.05) is 23.7 Å². The van der Waals surface area contributed by atoms with E-state index in [0.29, 0.717) is 36.5 Å². The lowest BCUT2D eigenvalue weighted by Crippen LogP contribution is -2.40. The van der Waals surface area contributed by atoms with Crippen LogP contribution >= 0.6 is 11.6 Å². The van der Waals surface area contributed by atoms with Crippen molar-refractivity contribution in [2.45, 2.75) is 19.8 Å². The van der Waals surface area contributed by atoms with E-state index in [1.807, 2.05) is 6.92 Å². The second-order valence-corrected chi connectivity index (χ2v) is 5.49. The molecule has 1 amide bonds. The van der Waals surface area contributed by atoms with Gasteiger partial charge in [0.05, 0.1) is 13.0 Å². The molecule has 1 aromatic carbocycles. The average molecular weight is 296 g/mol. The monoisotopic (exact) mass is 295 g/mol. The van der Waals surface area contributed by atoms with Crippen LogP contribution in [0.15, 0.2) is 18.2 Å². The van der Waals surface area contributed by atoms with E-state index in [-0.39, 0.29) is 17.8 Å². The van der Waals surface area contributed by atoms with Crippen molar-refractivity contribution in [3.05, 3.63) is 34.3 Å². The summed E-state index contributed by atoms with van der Waals surface area (Å²) in [5.74, 6) is -0.266. The number of amides is 1. The molecule has 0 aliphatic carbocycles. The molecule has 0 spiro atoms. The summed E-state index contributed by atoms with van der Waals surface area (Å²) in [6.45, 7) is 3.04. The van der Waals surface area contributed by atoms with Gasteiger partial charge in [-0.2, -0.15) is 0 Å². The average Bonchev–Trinajstić information content (AvgIpc) is 2.46. The van der Waals surface area contributed by atoms with Crippen LogP contribution in [0.3, 0.4) is 0 Å². The maximum Gasteiger partial charge on any atom is 0.308 e. The normalized spacial score (nSPS) is 16.1. The number of esters is 1. The summed E-state index contributed by atoms with van der Waals surface area (Å²) in [4.78, 5) is 25.7. The first kappa shape index (κ1) is 14.9. The summed E-state index contributed by atoms with van der Waals surface area (Å²) in [6.07, 6.45) is 1.32. The second kappa shape index (κ2) is 6.27. The highest BCUT2D eigenvalue weighted by molar-refractivity contribution is 6.30. The van der Waals surface area contributed by atoms with Crippen LogP contribution in [0, 0.1) is 12.8 Å². The van der Waals surface area contributed by atoms with E-state index in [1.165, 1.54) is 7.11 Å². The molecule has 1 heterocycles. The molecule has 1 aliphatic rings. The third-order valence-corrected chi connectivity index (χ3v) is 3.97. The van der Waals surface area contributed by atoms with Crippen LogP contribution in [0.5, 0.6) is 0 Å². The standard InChI is InChI=1S/C15H18ClNO3/c1-10-9-12(16)3-4-13(10)14(18)17-7-5-11(6-8-17)15(19)20-2/h3-4,9,11H,5-8H2,1-2H3. The Morgan fingerprint density at radius 1 is 1.30 bits per heavy atom. The fourth-order valence-corrected chi connectivity index (χ4v) is 2.75. The molecule has 2 rings (SSSR count). The summed E-state index contributed by atoms with van der Waals surface area (Å²) in [5.41, 5.74) is 1.54. The number of hydrogen-bond acceptors (Lipinski definition) is 3. The molecule has 4 nitrogen and oxygen atoms in total. The smallest absolute Gasteiger partial charge is 0.308 e. The van der Waals surface area contributed by atoms with Crippen LogP contribution in [0.2, 0.25) is 5.02 Å². The molecule has 20 heavy (non-hydrogen) atoms. The summed E-state index contributed by atoms with van der Waals surface area (Å²) in [5, 5.41) is 0.628. The molecule has 0 bridgehead atoms. The first-order valence-corrected chi connectivity index (χ1v) is 7.04. The number of aryl methyl sites for hydroxylation is 1. The van der Waals surface area contributed by atoms with Crippen molar-refractivity contribution in [2.75, 3.05) is 20.2 Å². The van der Waals surface area contributed by atoms with E-state index in [2.05, 4.69) is 0 Å². The number of carbonyl (C=O) groups is 2. The van der Waals surface area contributed by atoms with E-state index in [1.54, 1.807) is 23.1 Å². The van der Waals surface area contributed by atoms with Crippen molar-refractivity contribution in [2.24, 2.45) is 5.92 Å². The van der Waals surface area contributed by atoms with E-state index in [9.17, 15) is 9.59 Å². The van der Waals surface area contributed by atoms with Crippen LogP contribution < -0.4 is 0 Å². The molecule has 0 saturated carbocycles. The number of rotatable bonds is 2. The zero-order chi connectivity index (χ0) is 14.7. The Bertz CT molecular complexity index is 522. The number of ether oxygens (including phenoxy) is 1. The molecule has 1 aromatic rings. The predicted octanol–water partition coefficient (Wildman–Crippen LogP) is 2.67. The minimum atomic E-state index is -0.181. The Morgan fingerprint density at radius 3 is 2.50 bits per heavy atom. The van der Waals surface area contributed by atoms with Crippen LogP contribution in [0.4, 0.5) is 0 Å². The van der Waals surface area contributed by atoms with Crippen molar-refractivity contribution in [1.29, 1.82) is 0 Å². The Balaban J connectivity index is 2.03. The van der Waals surface area contributed by atoms with Crippen molar-refractivity contribution in [3.8, 4) is 0 Å². The zero-order valence-electron chi connectivity index (χ0n) is 11.7. The van der Waals surface area contributed by atoms with Crippen LogP contribution in [-0.4, -0.2) is 37.0 Å². The number of hydrogen-bond donors (Lipinski definition) is 0. The molecule has 108 valence electrons. The molecule has 1 aliphatic heterocycles. The molecule has 0 atom stereocenters. The molecule has 0 aromatic heterocycles. The van der Waals surface area contributed by atoms with Gasteiger partial charge in [0.2, 0.25) is 0 Å². The van der Waals surface area contributed by atoms with E-state index >= 15 is 0 Å². The van der Waals surface area contributed by atoms with E-state index < -0.39 is 0 Å². The van der Waals surface area contributed by atoms with Crippen LogP contribution in [0.1, 0.15) is 28.8 Å². The van der Waals surface area contributed by atoms with E-state index in [0.717, 1.165) is 5.56 Å². The number of nitrogens with zero attached hydrogens (tertiary/aromatic N) is 1. The number of piperidine rings is 1. The summed E-state index contributed by atoms with van der Waals surface area (Å²) in [7, 11) is 1.40. The molecule has 5 heteroatoms. The maximum atomic E-state index is 12.4. The van der Waals surface area contributed by atoms with Crippen molar-refractivity contribution in [1.82, 2.24) is 4.90 Å². The van der Waals surface area contributed by atoms with Crippen LogP contribution in [0.25, 0.3) is 0 Å². The number of benzene rings is 1. The van der Waals surface area contributed by atoms with Gasteiger partial charge < -0.3 is 9.64 Å². The van der Waals surface area contributed by atoms with Gasteiger partial charge >= 0.3 is 5.97 Å². The Hall–Kier alpha value is -1.55. The van der Waals surface area contributed by atoms with Gasteiger partial charge in [0.15, 0.2) is 0 Å². The summed E-state index contributed by atoms with van der Waals surface area (Å²) in [6, 6.07) is 5.27. The van der Waals surface area contributed by atoms with Gasteiger partial charge in [-0.1, -0.05) is 11.6 Å². The van der Waals surface area contributed by atoms with Crippen LogP contribution in [-0.2, 0) is 9.53 Å². The fourth-order valence-electron chi connectivity index (χ4n) is 2.52. The van der Waals surface area contributed by atoms with E-state index in [4.69, 9.17) is 16.3 Å². The zero-order valence-corrected chi connectivity index (χ0v) is 12.4. The summed E-state index contributed by atoms with van der Waals surface area (Å²) < 4.78 is 4.75. The van der Waals surface area contributed by atoms with Gasteiger partial charge in [-0.05, 0) is 43.5 Å². The Labute approximate surface area is 123 Å². The molecular formula is C15H18ClNO3. The number of methoxy groups -OCH3 is 1. The second-order valence-electron chi connectivity index (χ2n) is 5.05. The highest BCUT2D eigenvalue weighted by Gasteiger charge is 2.28. The number of carbonyl (C=O) groups excluding carboxylic acids is 2. The molecule has 0 N–H and O–H groups in total. The lowest BCUT2D eigenvalue weighted by molar-refractivity contribution is -0.146. The molecule has 0 radical (unpaired) electrons. The largest absolute Gasteiger partial charge is 0.469 e. The SMILES string of the molecule is COC(=O)C1CCN(C(=O)c2ccc(Cl)cc2C)CC1. The topological polar surface area (TPSA) is 46.6 Å². The predicted molar refractivity (Wildman–Crippen MR) is 76.8 cm³/mol. The van der Waals surface area contributed by atoms with Gasteiger partial charge in [0.25, 0.3) is 5.91 Å². The van der Waals surface area contributed by atoms with Crippen molar-refractivity contribution >= 4 is 23.5 Å². The highest BCUT2D eigenvalue weighted by atomic mass is 35.5. The Kier molecular flexibility index (Phi) is 4.65. The van der Waals surface area contributed by atoms with Crippen molar-refractivity contribution < 1.29 is 14.3 Å². The maximum absolute atomic E-state index is 12.4. The van der Waals surface area contributed by atoms with Gasteiger partial charge in [0.1, 0.15) is 0 Å². The minimum Gasteiger partial charge on any atom is -0.469 e. The third-order valence-electron chi connectivity index (χ3n) is 3.74. The van der Waals surface area contributed by atoms with Gasteiger partial charge in [-0.15, -0.1) is 0 Å². The molecule has 0 unspecified atom stereocenters. The third kappa shape index (κ3) is 3.12. The fraction of sp³-hybridized carbons (Fsp3) is 0.467. The quantitative estimate of drug-likeness (QED) is 0.788.